The summed E-state index contributed by atoms with van der Waals surface area (Å²) in [7, 11) is 0. The quantitative estimate of drug-likeness (QED) is 0.106. The van der Waals surface area contributed by atoms with Crippen molar-refractivity contribution in [2.24, 2.45) is 50.2 Å². The van der Waals surface area contributed by atoms with Crippen LogP contribution in [-0.4, -0.2) is 47.6 Å². The van der Waals surface area contributed by atoms with Crippen molar-refractivity contribution in [1.29, 1.82) is 0 Å². The van der Waals surface area contributed by atoms with Crippen molar-refractivity contribution in [3.63, 3.8) is 0 Å². The van der Waals surface area contributed by atoms with Crippen molar-refractivity contribution in [2.45, 2.75) is 177 Å². The van der Waals surface area contributed by atoms with E-state index in [1.807, 2.05) is 0 Å². The van der Waals surface area contributed by atoms with Crippen LogP contribution in [0.3, 0.4) is 0 Å². The van der Waals surface area contributed by atoms with Crippen LogP contribution >= 0.6 is 0 Å². The van der Waals surface area contributed by atoms with E-state index in [2.05, 4.69) is 72.1 Å². The van der Waals surface area contributed by atoms with Gasteiger partial charge in [-0.3, -0.25) is 19.2 Å². The number of hydrogen-bond acceptors (Lipinski definition) is 5. The predicted octanol–water partition coefficient (Wildman–Crippen LogP) is 8.77. The summed E-state index contributed by atoms with van der Waals surface area (Å²) in [6.07, 6.45) is 17.0. The summed E-state index contributed by atoms with van der Waals surface area (Å²) < 4.78 is 6.27. The lowest BCUT2D eigenvalue weighted by atomic mass is 9.33. The highest BCUT2D eigenvalue weighted by molar-refractivity contribution is 5.85. The number of rotatable bonds is 12. The summed E-state index contributed by atoms with van der Waals surface area (Å²) in [5, 5.41) is 14.9. The van der Waals surface area contributed by atoms with Gasteiger partial charge in [-0.05, 0) is 123 Å². The second-order valence-corrected chi connectivity index (χ2v) is 19.7. The Labute approximate surface area is 308 Å². The molecule has 5 aliphatic carbocycles. The number of amides is 2. The van der Waals surface area contributed by atoms with E-state index < -0.39 is 17.4 Å². The lowest BCUT2D eigenvalue weighted by Gasteiger charge is -2.71. The molecule has 288 valence electrons. The van der Waals surface area contributed by atoms with Crippen LogP contribution in [0.5, 0.6) is 0 Å². The minimum Gasteiger partial charge on any atom is -0.480 e. The van der Waals surface area contributed by atoms with Crippen LogP contribution in [0.1, 0.15) is 165 Å². The topological polar surface area (TPSA) is 122 Å². The molecule has 0 heterocycles. The number of ether oxygens (including phenoxy) is 1. The van der Waals surface area contributed by atoms with E-state index in [0.29, 0.717) is 31.2 Å². The molecule has 9 atom stereocenters. The molecule has 0 saturated heterocycles. The molecule has 8 heteroatoms. The average Bonchev–Trinajstić information content (AvgIpc) is 3.04. The van der Waals surface area contributed by atoms with Gasteiger partial charge in [-0.15, -0.1) is 0 Å². The van der Waals surface area contributed by atoms with E-state index in [9.17, 15) is 19.2 Å². The first-order chi connectivity index (χ1) is 23.8. The van der Waals surface area contributed by atoms with Gasteiger partial charge in [0.25, 0.3) is 0 Å². The first kappa shape index (κ1) is 39.8. The number of carbonyl (C=O) groups excluding carboxylic acids is 3. The number of esters is 1. The van der Waals surface area contributed by atoms with Crippen LogP contribution in [-0.2, 0) is 23.9 Å². The molecule has 8 nitrogen and oxygen atoms in total. The third-order valence-electron chi connectivity index (χ3n) is 15.9. The third kappa shape index (κ3) is 7.04. The van der Waals surface area contributed by atoms with E-state index in [4.69, 9.17) is 9.84 Å². The Morgan fingerprint density at radius 2 is 1.59 bits per heavy atom. The molecule has 0 aromatic rings. The summed E-state index contributed by atoms with van der Waals surface area (Å²) in [5.41, 5.74) is 1.45. The van der Waals surface area contributed by atoms with E-state index >= 15 is 0 Å². The first-order valence-corrected chi connectivity index (χ1v) is 20.5. The largest absolute Gasteiger partial charge is 0.480 e. The molecule has 0 aliphatic heterocycles. The first-order valence-electron chi connectivity index (χ1n) is 20.5. The number of aliphatic carboxylic acids is 1. The third-order valence-corrected chi connectivity index (χ3v) is 15.9. The molecule has 4 fully saturated rings. The standard InChI is InChI=1S/C43H70N2O6/c1-10-11-12-15-35(47)51-33-19-20-40(7)31(39(33,5)6)18-21-42(9)32(40)17-16-29-30-27-38(3,4)22-24-43(30,25-23-41(29,42)8)37(50)44-26-13-14-34(46)45-28(2)36(48)49/h16,28,30-33H,10-15,17-27H2,1-9H3,(H,44,50)(H,45,46)(H,48,49)/t28-,30-,31-,32+,33-,40-,41+,42+,43-/m0/s1. The van der Waals surface area contributed by atoms with E-state index in [1.165, 1.54) is 12.5 Å². The van der Waals surface area contributed by atoms with Gasteiger partial charge >= 0.3 is 11.9 Å². The number of fused-ring (bicyclic) bond motifs is 7. The molecule has 0 bridgehead atoms. The fourth-order valence-corrected chi connectivity index (χ4v) is 12.6. The number of carboxylic acid groups (broad SMARTS) is 1. The minimum atomic E-state index is -1.06. The summed E-state index contributed by atoms with van der Waals surface area (Å²) in [4.78, 5) is 50.6. The Hall–Kier alpha value is -2.38. The molecule has 0 spiro atoms. The Morgan fingerprint density at radius 1 is 0.882 bits per heavy atom. The number of hydrogen-bond donors (Lipinski definition) is 3. The molecule has 3 N–H and O–H groups in total. The molecule has 5 aliphatic rings. The molecule has 0 radical (unpaired) electrons. The maximum absolute atomic E-state index is 14.4. The molecular formula is C43H70N2O6. The van der Waals surface area contributed by atoms with E-state index in [0.717, 1.165) is 83.5 Å². The zero-order valence-electron chi connectivity index (χ0n) is 33.5. The second kappa shape index (κ2) is 14.5. The Morgan fingerprint density at radius 3 is 2.27 bits per heavy atom. The van der Waals surface area contributed by atoms with Gasteiger partial charge < -0.3 is 20.5 Å². The van der Waals surface area contributed by atoms with Crippen molar-refractivity contribution in [1.82, 2.24) is 10.6 Å². The number of unbranched alkanes of at least 4 members (excludes halogenated alkanes) is 2. The van der Waals surface area contributed by atoms with Gasteiger partial charge in [0.1, 0.15) is 12.1 Å². The zero-order valence-corrected chi connectivity index (χ0v) is 33.5. The van der Waals surface area contributed by atoms with Crippen LogP contribution in [0.4, 0.5) is 0 Å². The van der Waals surface area contributed by atoms with Crippen molar-refractivity contribution < 1.29 is 29.0 Å². The fraction of sp³-hybridized carbons (Fsp3) is 0.860. The molecule has 4 saturated carbocycles. The SMILES string of the molecule is CCCCCC(=O)O[C@H]1CC[C@]2(C)[C@H]3CC=C4[C@@H]5CC(C)(C)CC[C@]5(C(=O)NCCCC(=O)N[C@@H](C)C(=O)O)CC[C@@]4(C)[C@]3(C)CC[C@H]2C1(C)C. The normalized spacial score (nSPS) is 38.3. The van der Waals surface area contributed by atoms with Crippen LogP contribution in [0.2, 0.25) is 0 Å². The lowest BCUT2D eigenvalue weighted by molar-refractivity contribution is -0.213. The van der Waals surface area contributed by atoms with Gasteiger partial charge in [-0.2, -0.15) is 0 Å². The molecular weight excluding hydrogens is 640 g/mol. The van der Waals surface area contributed by atoms with Crippen LogP contribution in [0.15, 0.2) is 11.6 Å². The summed E-state index contributed by atoms with van der Waals surface area (Å²) in [6, 6.07) is -0.928. The molecule has 0 unspecified atom stereocenters. The maximum atomic E-state index is 14.4. The van der Waals surface area contributed by atoms with Crippen LogP contribution in [0, 0.1) is 50.2 Å². The predicted molar refractivity (Wildman–Crippen MR) is 201 cm³/mol. The molecule has 5 rings (SSSR count). The highest BCUT2D eigenvalue weighted by Crippen LogP contribution is 2.75. The second-order valence-electron chi connectivity index (χ2n) is 19.7. The Balaban J connectivity index is 1.35. The summed E-state index contributed by atoms with van der Waals surface area (Å²) in [6.45, 7) is 21.2. The Kier molecular flexibility index (Phi) is 11.3. The summed E-state index contributed by atoms with van der Waals surface area (Å²) in [5.74, 6) is -0.0323. The smallest absolute Gasteiger partial charge is 0.325 e. The van der Waals surface area contributed by atoms with Gasteiger partial charge in [0.2, 0.25) is 11.8 Å². The average molecular weight is 711 g/mol. The van der Waals surface area contributed by atoms with Gasteiger partial charge in [-0.1, -0.05) is 79.9 Å². The van der Waals surface area contributed by atoms with Gasteiger partial charge in [0.15, 0.2) is 0 Å². The highest BCUT2D eigenvalue weighted by atomic mass is 16.5. The molecule has 0 aromatic heterocycles. The highest BCUT2D eigenvalue weighted by Gasteiger charge is 2.69. The number of allylic oxidation sites excluding steroid dienone is 2. The number of carboxylic acids is 1. The monoisotopic (exact) mass is 711 g/mol. The fourth-order valence-electron chi connectivity index (χ4n) is 12.6. The van der Waals surface area contributed by atoms with E-state index in [1.54, 1.807) is 0 Å². The van der Waals surface area contributed by atoms with Crippen molar-refractivity contribution in [3.05, 3.63) is 11.6 Å². The van der Waals surface area contributed by atoms with Crippen molar-refractivity contribution >= 4 is 23.8 Å². The molecule has 51 heavy (non-hydrogen) atoms. The number of carbonyl (C=O) groups is 4. The maximum Gasteiger partial charge on any atom is 0.325 e. The molecule has 2 amide bonds. The van der Waals surface area contributed by atoms with Gasteiger partial charge in [-0.25, -0.2) is 0 Å². The van der Waals surface area contributed by atoms with Crippen molar-refractivity contribution in [3.8, 4) is 0 Å². The summed E-state index contributed by atoms with van der Waals surface area (Å²) >= 11 is 0. The van der Waals surface area contributed by atoms with Crippen LogP contribution < -0.4 is 10.6 Å². The van der Waals surface area contributed by atoms with E-state index in [-0.39, 0.29) is 63.3 Å². The number of nitrogens with one attached hydrogen (secondary N) is 2. The molecule has 0 aromatic carbocycles. The zero-order chi connectivity index (χ0) is 37.6. The van der Waals surface area contributed by atoms with Crippen LogP contribution in [0.25, 0.3) is 0 Å². The van der Waals surface area contributed by atoms with Gasteiger partial charge in [0.05, 0.1) is 5.41 Å². The van der Waals surface area contributed by atoms with Crippen molar-refractivity contribution in [2.75, 3.05) is 6.54 Å². The minimum absolute atomic E-state index is 0.0113. The lowest BCUT2D eigenvalue weighted by Crippen LogP contribution is -2.65. The van der Waals surface area contributed by atoms with Gasteiger partial charge in [0, 0.05) is 24.8 Å². The Bertz CT molecular complexity index is 1390.